The molecule has 2 aromatic rings. The van der Waals surface area contributed by atoms with E-state index in [1.165, 1.54) is 0 Å². The molecule has 0 saturated carbocycles. The predicted octanol–water partition coefficient (Wildman–Crippen LogP) is 6.98. The van der Waals surface area contributed by atoms with Crippen LogP contribution in [0.1, 0.15) is 60.3 Å². The summed E-state index contributed by atoms with van der Waals surface area (Å²) in [7, 11) is 0. The van der Waals surface area contributed by atoms with Crippen LogP contribution in [0, 0.1) is 10.8 Å². The van der Waals surface area contributed by atoms with Gasteiger partial charge in [0, 0.05) is 41.1 Å². The Kier molecular flexibility index (Phi) is 11.1. The lowest BCUT2D eigenvalue weighted by Gasteiger charge is -2.39. The Balaban J connectivity index is 0.000000239. The number of piperidine rings is 2. The first-order chi connectivity index (χ1) is 19.2. The summed E-state index contributed by atoms with van der Waals surface area (Å²) in [4.78, 5) is 38.8. The highest BCUT2D eigenvalue weighted by atomic mass is 35.5. The van der Waals surface area contributed by atoms with Crippen LogP contribution in [0.15, 0.2) is 48.5 Å². The molecule has 2 unspecified atom stereocenters. The SMILES string of the molecule is CC(C)(C)OC(=O)N1CCCC(C)(C(=O)Nc2ccc(Cl)cc2)C1.CC1(C(=O)Nc2ccc(Cl)cc2)CCCNC1. The molecule has 41 heavy (non-hydrogen) atoms. The molecule has 8 nitrogen and oxygen atoms in total. The maximum Gasteiger partial charge on any atom is 0.410 e. The van der Waals surface area contributed by atoms with Crippen molar-refractivity contribution < 1.29 is 19.1 Å². The van der Waals surface area contributed by atoms with Crippen molar-refractivity contribution in [2.75, 3.05) is 36.8 Å². The van der Waals surface area contributed by atoms with Gasteiger partial charge in [-0.1, -0.05) is 23.2 Å². The molecule has 0 radical (unpaired) electrons. The van der Waals surface area contributed by atoms with Crippen molar-refractivity contribution in [1.82, 2.24) is 10.2 Å². The maximum atomic E-state index is 12.7. The van der Waals surface area contributed by atoms with Crippen molar-refractivity contribution in [3.63, 3.8) is 0 Å². The first-order valence-electron chi connectivity index (χ1n) is 14.0. The topological polar surface area (TPSA) is 99.8 Å². The quantitative estimate of drug-likeness (QED) is 0.349. The van der Waals surface area contributed by atoms with Crippen molar-refractivity contribution in [3.8, 4) is 0 Å². The zero-order valence-corrected chi connectivity index (χ0v) is 26.1. The molecule has 10 heteroatoms. The first-order valence-corrected chi connectivity index (χ1v) is 14.8. The van der Waals surface area contributed by atoms with Gasteiger partial charge in [0.25, 0.3) is 0 Å². The summed E-state index contributed by atoms with van der Waals surface area (Å²) in [5.41, 5.74) is -0.00499. The van der Waals surface area contributed by atoms with E-state index < -0.39 is 11.0 Å². The second-order valence-electron chi connectivity index (χ2n) is 12.3. The Bertz CT molecular complexity index is 1190. The number of rotatable bonds is 4. The van der Waals surface area contributed by atoms with Gasteiger partial charge < -0.3 is 25.6 Å². The van der Waals surface area contributed by atoms with Crippen LogP contribution in [0.3, 0.4) is 0 Å². The van der Waals surface area contributed by atoms with Crippen LogP contribution >= 0.6 is 23.2 Å². The summed E-state index contributed by atoms with van der Waals surface area (Å²) in [5.74, 6) is -0.0231. The molecule has 3 N–H and O–H groups in total. The average molecular weight is 606 g/mol. The molecule has 2 aromatic carbocycles. The molecule has 3 amide bonds. The fourth-order valence-electron chi connectivity index (χ4n) is 4.79. The Hall–Kier alpha value is -2.81. The normalized spacial score (nSPS) is 22.6. The number of hydrogen-bond acceptors (Lipinski definition) is 5. The molecule has 2 saturated heterocycles. The summed E-state index contributed by atoms with van der Waals surface area (Å²) in [6.45, 7) is 12.1. The van der Waals surface area contributed by atoms with E-state index in [1.54, 1.807) is 41.3 Å². The van der Waals surface area contributed by atoms with E-state index >= 15 is 0 Å². The number of likely N-dealkylation sites (tertiary alicyclic amines) is 1. The molecule has 2 atom stereocenters. The van der Waals surface area contributed by atoms with Crippen LogP contribution in [0.5, 0.6) is 0 Å². The zero-order valence-electron chi connectivity index (χ0n) is 24.6. The molecule has 0 bridgehead atoms. The number of carbonyl (C=O) groups is 3. The molecule has 2 heterocycles. The van der Waals surface area contributed by atoms with E-state index in [4.69, 9.17) is 27.9 Å². The summed E-state index contributed by atoms with van der Waals surface area (Å²) in [6.07, 6.45) is 3.10. The number of carbonyl (C=O) groups excluding carboxylic acids is 3. The lowest BCUT2D eigenvalue weighted by Crippen LogP contribution is -2.51. The number of anilines is 2. The standard InChI is InChI=1S/C18H25ClN2O3.C13H17ClN2O/c1-17(2,3)24-16(23)21-11-5-10-18(4,12-21)15(22)20-14-8-6-13(19)7-9-14;1-13(7-2-8-15-9-13)12(17)16-11-5-3-10(14)4-6-11/h6-9H,5,10-12H2,1-4H3,(H,20,22);3-6,15H,2,7-9H2,1H3,(H,16,17). The van der Waals surface area contributed by atoms with Crippen LogP contribution in [-0.2, 0) is 14.3 Å². The molecule has 224 valence electrons. The number of amides is 3. The fraction of sp³-hybridized carbons (Fsp3) is 0.516. The highest BCUT2D eigenvalue weighted by Gasteiger charge is 2.40. The van der Waals surface area contributed by atoms with Crippen LogP contribution < -0.4 is 16.0 Å². The summed E-state index contributed by atoms with van der Waals surface area (Å²) < 4.78 is 5.42. The number of benzene rings is 2. The minimum absolute atomic E-state index is 0.0759. The van der Waals surface area contributed by atoms with Gasteiger partial charge in [-0.25, -0.2) is 4.79 Å². The third kappa shape index (κ3) is 9.90. The van der Waals surface area contributed by atoms with Gasteiger partial charge in [0.1, 0.15) is 5.60 Å². The van der Waals surface area contributed by atoms with Crippen LogP contribution in [-0.4, -0.2) is 54.6 Å². The molecule has 0 spiro atoms. The van der Waals surface area contributed by atoms with Gasteiger partial charge in [0.15, 0.2) is 0 Å². The molecule has 0 aromatic heterocycles. The van der Waals surface area contributed by atoms with Gasteiger partial charge in [0.05, 0.1) is 10.8 Å². The average Bonchev–Trinajstić information content (AvgIpc) is 2.91. The summed E-state index contributed by atoms with van der Waals surface area (Å²) in [6, 6.07) is 14.2. The van der Waals surface area contributed by atoms with Gasteiger partial charge in [-0.2, -0.15) is 0 Å². The zero-order chi connectivity index (χ0) is 30.3. The third-order valence-corrected chi connectivity index (χ3v) is 7.75. The third-order valence-electron chi connectivity index (χ3n) is 7.25. The highest BCUT2D eigenvalue weighted by molar-refractivity contribution is 6.31. The number of nitrogens with one attached hydrogen (secondary N) is 3. The molecular formula is C31H42Cl2N4O4. The molecule has 4 rings (SSSR count). The largest absolute Gasteiger partial charge is 0.444 e. The van der Waals surface area contributed by atoms with Crippen molar-refractivity contribution in [3.05, 3.63) is 58.6 Å². The molecule has 2 aliphatic rings. The fourth-order valence-corrected chi connectivity index (χ4v) is 5.04. The van der Waals surface area contributed by atoms with Gasteiger partial charge in [-0.15, -0.1) is 0 Å². The van der Waals surface area contributed by atoms with Crippen molar-refractivity contribution in [1.29, 1.82) is 0 Å². The Labute approximate surface area is 253 Å². The van der Waals surface area contributed by atoms with Gasteiger partial charge >= 0.3 is 6.09 Å². The number of nitrogens with zero attached hydrogens (tertiary/aromatic N) is 1. The minimum atomic E-state index is -0.644. The van der Waals surface area contributed by atoms with E-state index in [2.05, 4.69) is 16.0 Å². The van der Waals surface area contributed by atoms with E-state index in [9.17, 15) is 14.4 Å². The minimum Gasteiger partial charge on any atom is -0.444 e. The summed E-state index contributed by atoms with van der Waals surface area (Å²) in [5, 5.41) is 10.4. The second-order valence-corrected chi connectivity index (χ2v) is 13.2. The molecule has 2 fully saturated rings. The Morgan fingerprint density at radius 1 is 0.829 bits per heavy atom. The molecule has 0 aliphatic carbocycles. The Morgan fingerprint density at radius 2 is 1.32 bits per heavy atom. The van der Waals surface area contributed by atoms with Crippen molar-refractivity contribution in [2.45, 2.75) is 65.9 Å². The van der Waals surface area contributed by atoms with E-state index in [0.717, 1.165) is 44.5 Å². The maximum absolute atomic E-state index is 12.7. The number of hydrogen-bond donors (Lipinski definition) is 3. The lowest BCUT2D eigenvalue weighted by molar-refractivity contribution is -0.127. The van der Waals surface area contributed by atoms with E-state index in [1.807, 2.05) is 46.8 Å². The highest BCUT2D eigenvalue weighted by Crippen LogP contribution is 2.32. The lowest BCUT2D eigenvalue weighted by atomic mass is 9.81. The van der Waals surface area contributed by atoms with Crippen molar-refractivity contribution in [2.24, 2.45) is 10.8 Å². The Morgan fingerprint density at radius 3 is 1.78 bits per heavy atom. The summed E-state index contributed by atoms with van der Waals surface area (Å²) >= 11 is 11.7. The monoisotopic (exact) mass is 604 g/mol. The van der Waals surface area contributed by atoms with E-state index in [0.29, 0.717) is 28.8 Å². The van der Waals surface area contributed by atoms with Crippen molar-refractivity contribution >= 4 is 52.5 Å². The second kappa shape index (κ2) is 13.9. The predicted molar refractivity (Wildman–Crippen MR) is 166 cm³/mol. The van der Waals surface area contributed by atoms with Crippen LogP contribution in [0.4, 0.5) is 16.2 Å². The van der Waals surface area contributed by atoms with Gasteiger partial charge in [0.2, 0.25) is 11.8 Å². The number of ether oxygens (including phenoxy) is 1. The van der Waals surface area contributed by atoms with Gasteiger partial charge in [-0.3, -0.25) is 9.59 Å². The first kappa shape index (κ1) is 32.7. The molecule has 2 aliphatic heterocycles. The van der Waals surface area contributed by atoms with Crippen LogP contribution in [0.2, 0.25) is 10.0 Å². The number of halogens is 2. The van der Waals surface area contributed by atoms with Crippen LogP contribution in [0.25, 0.3) is 0 Å². The van der Waals surface area contributed by atoms with E-state index in [-0.39, 0.29) is 23.3 Å². The smallest absolute Gasteiger partial charge is 0.410 e. The molecular weight excluding hydrogens is 563 g/mol. The van der Waals surface area contributed by atoms with Gasteiger partial charge in [-0.05, 0) is 115 Å².